The number of H-pyrrole nitrogens is 1. The average molecular weight is 424 g/mol. The minimum absolute atomic E-state index is 0.00957. The van der Waals surface area contributed by atoms with Gasteiger partial charge in [-0.05, 0) is 29.5 Å². The Labute approximate surface area is 179 Å². The topological polar surface area (TPSA) is 74.2 Å². The fourth-order valence-electron chi connectivity index (χ4n) is 4.27. The van der Waals surface area contributed by atoms with Gasteiger partial charge in [0, 0.05) is 73.6 Å². The largest absolute Gasteiger partial charge is 0.361 e. The predicted octanol–water partition coefficient (Wildman–Crippen LogP) is 1.97. The van der Waals surface area contributed by atoms with E-state index in [9.17, 15) is 9.59 Å². The fourth-order valence-corrected chi connectivity index (χ4v) is 5.22. The first kappa shape index (κ1) is 19.4. The lowest BCUT2D eigenvalue weighted by molar-refractivity contribution is 0.0633. The van der Waals surface area contributed by atoms with Crippen molar-refractivity contribution in [2.75, 3.05) is 38.5 Å². The summed E-state index contributed by atoms with van der Waals surface area (Å²) in [7, 11) is 0. The molecule has 1 aromatic carbocycles. The molecule has 0 bridgehead atoms. The Bertz CT molecular complexity index is 1130. The van der Waals surface area contributed by atoms with Crippen molar-refractivity contribution in [3.8, 4) is 0 Å². The summed E-state index contributed by atoms with van der Waals surface area (Å²) in [5.41, 5.74) is 3.90. The molecule has 0 radical (unpaired) electrons. The quantitative estimate of drug-likeness (QED) is 0.695. The van der Waals surface area contributed by atoms with Gasteiger partial charge in [-0.3, -0.25) is 14.5 Å². The van der Waals surface area contributed by atoms with E-state index in [2.05, 4.69) is 15.0 Å². The van der Waals surface area contributed by atoms with Gasteiger partial charge in [-0.15, -0.1) is 0 Å². The summed E-state index contributed by atoms with van der Waals surface area (Å²) >= 11 is 1.86. The van der Waals surface area contributed by atoms with Crippen LogP contribution >= 0.6 is 11.8 Å². The van der Waals surface area contributed by atoms with Crippen LogP contribution in [0.2, 0.25) is 0 Å². The van der Waals surface area contributed by atoms with Crippen LogP contribution in [-0.4, -0.2) is 68.9 Å². The minimum Gasteiger partial charge on any atom is -0.361 e. The number of hydrogen-bond acceptors (Lipinski definition) is 5. The van der Waals surface area contributed by atoms with Crippen LogP contribution in [0.3, 0.4) is 0 Å². The molecule has 0 aliphatic carbocycles. The van der Waals surface area contributed by atoms with Crippen LogP contribution in [0.5, 0.6) is 0 Å². The molecule has 0 spiro atoms. The van der Waals surface area contributed by atoms with Crippen molar-refractivity contribution in [1.82, 2.24) is 24.6 Å². The summed E-state index contributed by atoms with van der Waals surface area (Å²) in [5, 5.41) is 5.57. The molecule has 156 valence electrons. The summed E-state index contributed by atoms with van der Waals surface area (Å²) in [6, 6.07) is 9.52. The lowest BCUT2D eigenvalue weighted by Gasteiger charge is -2.34. The molecule has 4 heterocycles. The molecule has 0 unspecified atom stereocenters. The molecule has 2 aliphatic heterocycles. The van der Waals surface area contributed by atoms with Crippen LogP contribution in [-0.2, 0) is 18.7 Å². The van der Waals surface area contributed by atoms with Crippen molar-refractivity contribution >= 4 is 28.6 Å². The van der Waals surface area contributed by atoms with Crippen molar-refractivity contribution in [2.24, 2.45) is 0 Å². The Morgan fingerprint density at radius 2 is 2.00 bits per heavy atom. The normalized spacial score (nSPS) is 17.3. The van der Waals surface area contributed by atoms with Gasteiger partial charge in [-0.25, -0.2) is 4.68 Å². The highest BCUT2D eigenvalue weighted by Gasteiger charge is 2.23. The molecule has 2 aromatic heterocycles. The number of amides is 1. The van der Waals surface area contributed by atoms with E-state index >= 15 is 0 Å². The number of benzene rings is 1. The zero-order valence-electron chi connectivity index (χ0n) is 16.8. The summed E-state index contributed by atoms with van der Waals surface area (Å²) < 4.78 is 1.61. The second-order valence-corrected chi connectivity index (χ2v) is 8.96. The van der Waals surface area contributed by atoms with Crippen molar-refractivity contribution in [3.63, 3.8) is 0 Å². The van der Waals surface area contributed by atoms with Gasteiger partial charge in [0.25, 0.3) is 11.5 Å². The fraction of sp³-hybridized carbons (Fsp3) is 0.409. The van der Waals surface area contributed by atoms with Gasteiger partial charge in [0.2, 0.25) is 0 Å². The third-order valence-corrected chi connectivity index (χ3v) is 7.03. The van der Waals surface area contributed by atoms with E-state index in [1.165, 1.54) is 0 Å². The van der Waals surface area contributed by atoms with E-state index in [0.717, 1.165) is 65.3 Å². The van der Waals surface area contributed by atoms with E-state index in [-0.39, 0.29) is 11.5 Å². The van der Waals surface area contributed by atoms with Crippen LogP contribution in [0.1, 0.15) is 21.6 Å². The molecule has 2 aliphatic rings. The Morgan fingerprint density at radius 3 is 2.87 bits per heavy atom. The molecule has 0 atom stereocenters. The van der Waals surface area contributed by atoms with Crippen LogP contribution in [0.4, 0.5) is 0 Å². The number of carbonyl (C=O) groups excluding carboxylic acids is 1. The number of aromatic amines is 1. The summed E-state index contributed by atoms with van der Waals surface area (Å²) in [5.74, 6) is 2.06. The molecule has 8 heteroatoms. The number of thioether (sulfide) groups is 1. The summed E-state index contributed by atoms with van der Waals surface area (Å²) in [6.45, 7) is 4.38. The van der Waals surface area contributed by atoms with Gasteiger partial charge in [0.1, 0.15) is 0 Å². The van der Waals surface area contributed by atoms with Crippen LogP contribution in [0.25, 0.3) is 10.9 Å². The van der Waals surface area contributed by atoms with Crippen LogP contribution in [0, 0.1) is 0 Å². The van der Waals surface area contributed by atoms with E-state index in [0.29, 0.717) is 19.6 Å². The molecular formula is C22H25N5O2S. The van der Waals surface area contributed by atoms with E-state index in [4.69, 9.17) is 0 Å². The van der Waals surface area contributed by atoms with Crippen molar-refractivity contribution in [2.45, 2.75) is 18.7 Å². The molecule has 0 saturated carbocycles. The van der Waals surface area contributed by atoms with E-state index in [1.807, 2.05) is 47.1 Å². The maximum atomic E-state index is 13.0. The third-order valence-electron chi connectivity index (χ3n) is 6.02. The van der Waals surface area contributed by atoms with Crippen LogP contribution in [0.15, 0.2) is 41.3 Å². The number of nitrogens with one attached hydrogen (secondary N) is 1. The number of fused-ring (bicyclic) bond motifs is 2. The number of carbonyl (C=O) groups is 1. The lowest BCUT2D eigenvalue weighted by atomic mass is 10.1. The molecule has 7 nitrogen and oxygen atoms in total. The minimum atomic E-state index is -0.00957. The highest BCUT2D eigenvalue weighted by Crippen LogP contribution is 2.21. The summed E-state index contributed by atoms with van der Waals surface area (Å²) in [4.78, 5) is 32.8. The average Bonchev–Trinajstić information content (AvgIpc) is 3.26. The molecule has 1 amide bonds. The van der Waals surface area contributed by atoms with Crippen molar-refractivity contribution in [3.05, 3.63) is 63.7 Å². The molecular weight excluding hydrogens is 398 g/mol. The van der Waals surface area contributed by atoms with Gasteiger partial charge < -0.3 is 9.88 Å². The number of nitrogens with zero attached hydrogens (tertiary/aromatic N) is 4. The Balaban J connectivity index is 1.19. The van der Waals surface area contributed by atoms with Crippen molar-refractivity contribution < 1.29 is 4.79 Å². The van der Waals surface area contributed by atoms with Gasteiger partial charge in [0.15, 0.2) is 0 Å². The third kappa shape index (κ3) is 3.77. The number of rotatable bonds is 4. The molecule has 1 saturated heterocycles. The monoisotopic (exact) mass is 423 g/mol. The Morgan fingerprint density at radius 1 is 1.13 bits per heavy atom. The SMILES string of the molecule is O=C(c1cccc2[nH]ccc12)N1CCN(CCn2nc3c(cc2=O)CSCC3)CC1. The highest BCUT2D eigenvalue weighted by molar-refractivity contribution is 7.98. The summed E-state index contributed by atoms with van der Waals surface area (Å²) in [6.07, 6.45) is 2.81. The number of hydrogen-bond donors (Lipinski definition) is 1. The van der Waals surface area contributed by atoms with Crippen molar-refractivity contribution in [1.29, 1.82) is 0 Å². The van der Waals surface area contributed by atoms with E-state index < -0.39 is 0 Å². The first-order valence-electron chi connectivity index (χ1n) is 10.4. The maximum Gasteiger partial charge on any atom is 0.267 e. The second-order valence-electron chi connectivity index (χ2n) is 7.86. The van der Waals surface area contributed by atoms with Gasteiger partial charge in [-0.1, -0.05) is 6.07 Å². The molecule has 5 rings (SSSR count). The number of aromatic nitrogens is 3. The smallest absolute Gasteiger partial charge is 0.267 e. The molecule has 30 heavy (non-hydrogen) atoms. The van der Waals surface area contributed by atoms with Gasteiger partial charge in [0.05, 0.1) is 12.2 Å². The van der Waals surface area contributed by atoms with Gasteiger partial charge in [-0.2, -0.15) is 16.9 Å². The lowest BCUT2D eigenvalue weighted by Crippen LogP contribution is -2.49. The number of piperazine rings is 1. The zero-order chi connectivity index (χ0) is 20.5. The van der Waals surface area contributed by atoms with Crippen LogP contribution < -0.4 is 5.56 Å². The molecule has 1 fully saturated rings. The standard InChI is InChI=1S/C22H25N5O2S/c28-21-14-16-15-30-13-5-19(16)24-27(21)12-9-25-7-10-26(11-8-25)22(29)18-2-1-3-20-17(18)4-6-23-20/h1-4,6,14,23H,5,7-13,15H2. The maximum absolute atomic E-state index is 13.0. The highest BCUT2D eigenvalue weighted by atomic mass is 32.2. The predicted molar refractivity (Wildman–Crippen MR) is 119 cm³/mol. The Kier molecular flexibility index (Phi) is 5.35. The zero-order valence-corrected chi connectivity index (χ0v) is 17.7. The van der Waals surface area contributed by atoms with E-state index in [1.54, 1.807) is 10.7 Å². The Hall–Kier alpha value is -2.58. The van der Waals surface area contributed by atoms with Gasteiger partial charge >= 0.3 is 0 Å². The molecule has 3 aromatic rings. The second kappa shape index (κ2) is 8.28. The molecule has 1 N–H and O–H groups in total. The first-order chi connectivity index (χ1) is 14.7. The first-order valence-corrected chi connectivity index (χ1v) is 11.6. The number of aryl methyl sites for hydroxylation is 1.